The summed E-state index contributed by atoms with van der Waals surface area (Å²) in [5.74, 6) is 0. The summed E-state index contributed by atoms with van der Waals surface area (Å²) in [4.78, 5) is 0. The maximum Gasteiger partial charge on any atom is 0.0928 e. The molecule has 0 bridgehead atoms. The molecule has 1 atom stereocenters. The molecule has 1 unspecified atom stereocenters. The fraction of sp³-hybridized carbons (Fsp3) is 0.538. The first-order valence-electron chi connectivity index (χ1n) is 5.64. The molecule has 2 N–H and O–H groups in total. The van der Waals surface area contributed by atoms with Crippen molar-refractivity contribution < 1.29 is 5.11 Å². The van der Waals surface area contributed by atoms with E-state index in [1.54, 1.807) is 6.07 Å². The van der Waals surface area contributed by atoms with Crippen LogP contribution in [0.1, 0.15) is 25.5 Å². The second-order valence-electron chi connectivity index (χ2n) is 4.63. The summed E-state index contributed by atoms with van der Waals surface area (Å²) in [6.07, 6.45) is 1.54. The molecule has 0 saturated heterocycles. The Morgan fingerprint density at radius 3 is 2.65 bits per heavy atom. The van der Waals surface area contributed by atoms with Crippen LogP contribution >= 0.6 is 23.4 Å². The Labute approximate surface area is 113 Å². The van der Waals surface area contributed by atoms with Crippen molar-refractivity contribution in [1.82, 2.24) is 5.32 Å². The lowest BCUT2D eigenvalue weighted by atomic mass is 10.1. The SMILES string of the molecule is CSC(C)(C)CNCC(O)c1ccccc1Cl. The first-order valence-corrected chi connectivity index (χ1v) is 7.25. The van der Waals surface area contributed by atoms with Crippen molar-refractivity contribution in [2.75, 3.05) is 19.3 Å². The number of hydrogen-bond acceptors (Lipinski definition) is 3. The number of rotatable bonds is 6. The first-order chi connectivity index (χ1) is 7.96. The zero-order valence-corrected chi connectivity index (χ0v) is 12.1. The Bertz CT molecular complexity index is 357. The quantitative estimate of drug-likeness (QED) is 0.835. The van der Waals surface area contributed by atoms with E-state index in [0.717, 1.165) is 12.1 Å². The number of benzene rings is 1. The summed E-state index contributed by atoms with van der Waals surface area (Å²) in [7, 11) is 0. The minimum atomic E-state index is -0.554. The van der Waals surface area contributed by atoms with Crippen LogP contribution in [0.4, 0.5) is 0 Å². The van der Waals surface area contributed by atoms with Gasteiger partial charge in [-0.15, -0.1) is 0 Å². The van der Waals surface area contributed by atoms with Crippen LogP contribution in [0.3, 0.4) is 0 Å². The van der Waals surface area contributed by atoms with Crippen LogP contribution in [0.2, 0.25) is 5.02 Å². The van der Waals surface area contributed by atoms with Gasteiger partial charge < -0.3 is 10.4 Å². The van der Waals surface area contributed by atoms with Crippen molar-refractivity contribution in [2.45, 2.75) is 24.7 Å². The van der Waals surface area contributed by atoms with Gasteiger partial charge in [0.1, 0.15) is 0 Å². The minimum absolute atomic E-state index is 0.181. The molecule has 0 spiro atoms. The molecule has 0 radical (unpaired) electrons. The maximum atomic E-state index is 10.0. The average Bonchev–Trinajstić information content (AvgIpc) is 2.29. The summed E-state index contributed by atoms with van der Waals surface area (Å²) in [5, 5.41) is 13.9. The van der Waals surface area contributed by atoms with Gasteiger partial charge >= 0.3 is 0 Å². The lowest BCUT2D eigenvalue weighted by Gasteiger charge is -2.23. The number of aliphatic hydroxyl groups excluding tert-OH is 1. The van der Waals surface area contributed by atoms with Crippen LogP contribution in [0, 0.1) is 0 Å². The third-order valence-corrected chi connectivity index (χ3v) is 4.30. The van der Waals surface area contributed by atoms with Gasteiger partial charge in [-0.1, -0.05) is 29.8 Å². The molecule has 0 aliphatic carbocycles. The highest BCUT2D eigenvalue weighted by atomic mass is 35.5. The van der Waals surface area contributed by atoms with Gasteiger partial charge in [-0.3, -0.25) is 0 Å². The van der Waals surface area contributed by atoms with Gasteiger partial charge in [-0.2, -0.15) is 11.8 Å². The van der Waals surface area contributed by atoms with Crippen LogP contribution in [0.5, 0.6) is 0 Å². The van der Waals surface area contributed by atoms with Crippen molar-refractivity contribution in [3.8, 4) is 0 Å². The average molecular weight is 274 g/mol. The normalized spacial score (nSPS) is 13.7. The lowest BCUT2D eigenvalue weighted by molar-refractivity contribution is 0.174. The highest BCUT2D eigenvalue weighted by molar-refractivity contribution is 7.99. The summed E-state index contributed by atoms with van der Waals surface area (Å²) in [6, 6.07) is 7.40. The molecule has 0 aliphatic heterocycles. The predicted octanol–water partition coefficient (Wildman–Crippen LogP) is 3.10. The molecule has 4 heteroatoms. The molecule has 1 aromatic carbocycles. The Hall–Kier alpha value is -0.220. The topological polar surface area (TPSA) is 32.3 Å². The Balaban J connectivity index is 2.46. The highest BCUT2D eigenvalue weighted by Crippen LogP contribution is 2.23. The first kappa shape index (κ1) is 14.8. The Morgan fingerprint density at radius 2 is 2.06 bits per heavy atom. The van der Waals surface area contributed by atoms with Crippen molar-refractivity contribution >= 4 is 23.4 Å². The second-order valence-corrected chi connectivity index (χ2v) is 6.55. The molecule has 0 aliphatic rings. The van der Waals surface area contributed by atoms with Gasteiger partial charge in [0.25, 0.3) is 0 Å². The van der Waals surface area contributed by atoms with Gasteiger partial charge in [0.2, 0.25) is 0 Å². The van der Waals surface area contributed by atoms with Crippen molar-refractivity contribution in [1.29, 1.82) is 0 Å². The van der Waals surface area contributed by atoms with Gasteiger partial charge in [-0.05, 0) is 26.2 Å². The predicted molar refractivity (Wildman–Crippen MR) is 76.9 cm³/mol. The standard InChI is InChI=1S/C13H20ClNOS/c1-13(2,17-3)9-15-8-12(16)10-6-4-5-7-11(10)14/h4-7,12,15-16H,8-9H2,1-3H3. The molecule has 0 amide bonds. The number of nitrogens with one attached hydrogen (secondary N) is 1. The Kier molecular flexibility index (Phi) is 5.80. The number of thioether (sulfide) groups is 1. The Morgan fingerprint density at radius 1 is 1.41 bits per heavy atom. The van der Waals surface area contributed by atoms with E-state index in [4.69, 9.17) is 11.6 Å². The summed E-state index contributed by atoms with van der Waals surface area (Å²) < 4.78 is 0.181. The molecular weight excluding hydrogens is 254 g/mol. The molecule has 1 rings (SSSR count). The van der Waals surface area contributed by atoms with Crippen LogP contribution in [-0.4, -0.2) is 29.2 Å². The van der Waals surface area contributed by atoms with Crippen molar-refractivity contribution in [3.63, 3.8) is 0 Å². The lowest BCUT2D eigenvalue weighted by Crippen LogP contribution is -2.34. The zero-order valence-electron chi connectivity index (χ0n) is 10.5. The molecule has 1 aromatic rings. The van der Waals surface area contributed by atoms with E-state index in [1.165, 1.54) is 0 Å². The number of hydrogen-bond donors (Lipinski definition) is 2. The number of halogens is 1. The van der Waals surface area contributed by atoms with Crippen LogP contribution < -0.4 is 5.32 Å². The molecule has 96 valence electrons. The molecule has 0 aromatic heterocycles. The third-order valence-electron chi connectivity index (χ3n) is 2.71. The van der Waals surface area contributed by atoms with E-state index in [-0.39, 0.29) is 4.75 Å². The summed E-state index contributed by atoms with van der Waals surface area (Å²) in [5.41, 5.74) is 0.781. The van der Waals surface area contributed by atoms with Gasteiger partial charge in [-0.25, -0.2) is 0 Å². The smallest absolute Gasteiger partial charge is 0.0928 e. The van der Waals surface area contributed by atoms with Gasteiger partial charge in [0, 0.05) is 28.4 Å². The maximum absolute atomic E-state index is 10.0. The molecular formula is C13H20ClNOS. The van der Waals surface area contributed by atoms with Crippen molar-refractivity contribution in [3.05, 3.63) is 34.9 Å². The molecule has 0 saturated carbocycles. The third kappa shape index (κ3) is 4.88. The van der Waals surface area contributed by atoms with E-state index >= 15 is 0 Å². The van der Waals surface area contributed by atoms with E-state index in [2.05, 4.69) is 25.4 Å². The second kappa shape index (κ2) is 6.64. The zero-order chi connectivity index (χ0) is 12.9. The van der Waals surface area contributed by atoms with E-state index in [9.17, 15) is 5.11 Å². The number of aliphatic hydroxyl groups is 1. The van der Waals surface area contributed by atoms with Crippen LogP contribution in [0.25, 0.3) is 0 Å². The molecule has 17 heavy (non-hydrogen) atoms. The fourth-order valence-electron chi connectivity index (χ4n) is 1.44. The molecule has 2 nitrogen and oxygen atoms in total. The largest absolute Gasteiger partial charge is 0.387 e. The van der Waals surface area contributed by atoms with E-state index < -0.39 is 6.10 Å². The minimum Gasteiger partial charge on any atom is -0.387 e. The van der Waals surface area contributed by atoms with Crippen LogP contribution in [0.15, 0.2) is 24.3 Å². The highest BCUT2D eigenvalue weighted by Gasteiger charge is 2.17. The van der Waals surface area contributed by atoms with Gasteiger partial charge in [0.05, 0.1) is 6.10 Å². The molecule has 0 fully saturated rings. The van der Waals surface area contributed by atoms with E-state index in [1.807, 2.05) is 30.0 Å². The monoisotopic (exact) mass is 273 g/mol. The summed E-state index contributed by atoms with van der Waals surface area (Å²) in [6.45, 7) is 5.72. The van der Waals surface area contributed by atoms with E-state index in [0.29, 0.717) is 11.6 Å². The van der Waals surface area contributed by atoms with Crippen molar-refractivity contribution in [2.24, 2.45) is 0 Å². The summed E-state index contributed by atoms with van der Waals surface area (Å²) >= 11 is 7.83. The van der Waals surface area contributed by atoms with Crippen LogP contribution in [-0.2, 0) is 0 Å². The fourth-order valence-corrected chi connectivity index (χ4v) is 1.95. The van der Waals surface area contributed by atoms with Gasteiger partial charge in [0.15, 0.2) is 0 Å². The molecule has 0 heterocycles.